The summed E-state index contributed by atoms with van der Waals surface area (Å²) >= 11 is 3.20. The summed E-state index contributed by atoms with van der Waals surface area (Å²) in [6.45, 7) is 1.87. The Morgan fingerprint density at radius 2 is 1.80 bits per heavy atom. The largest absolute Gasteiger partial charge is 0.463 e. The van der Waals surface area contributed by atoms with Crippen molar-refractivity contribution in [1.82, 2.24) is 0 Å². The van der Waals surface area contributed by atoms with Crippen LogP contribution in [0.15, 0.2) is 34.8 Å². The normalized spacial score (nSPS) is 10.3. The first kappa shape index (κ1) is 20.6. The molecule has 0 aliphatic heterocycles. The van der Waals surface area contributed by atoms with E-state index in [1.807, 2.05) is 0 Å². The first-order chi connectivity index (χ1) is 12.0. The molecular formula is C17H17BrO7. The summed E-state index contributed by atoms with van der Waals surface area (Å²) in [4.78, 5) is 44.8. The summed E-state index contributed by atoms with van der Waals surface area (Å²) in [6, 6.07) is 4.59. The number of aldehydes is 1. The molecule has 0 bridgehead atoms. The summed E-state index contributed by atoms with van der Waals surface area (Å²) in [5, 5.41) is 0. The first-order valence-electron chi connectivity index (χ1n) is 7.43. The number of hydrogen-bond acceptors (Lipinski definition) is 7. The predicted molar refractivity (Wildman–Crippen MR) is 91.1 cm³/mol. The minimum absolute atomic E-state index is 0.00102. The number of halogens is 1. The third-order valence-corrected chi connectivity index (χ3v) is 3.46. The molecule has 1 aromatic rings. The molecule has 0 amide bonds. The van der Waals surface area contributed by atoms with Crippen molar-refractivity contribution >= 4 is 40.1 Å². The molecule has 0 aliphatic carbocycles. The number of hydrogen-bond donors (Lipinski definition) is 0. The molecule has 25 heavy (non-hydrogen) atoms. The number of carbonyl (C=O) groups is 4. The van der Waals surface area contributed by atoms with Gasteiger partial charge >= 0.3 is 17.9 Å². The quantitative estimate of drug-likeness (QED) is 0.202. The molecule has 0 atom stereocenters. The summed E-state index contributed by atoms with van der Waals surface area (Å²) in [7, 11) is 0. The number of ether oxygens (including phenoxy) is 3. The molecule has 0 aromatic heterocycles. The molecule has 1 rings (SSSR count). The van der Waals surface area contributed by atoms with Crippen molar-refractivity contribution in [2.24, 2.45) is 0 Å². The van der Waals surface area contributed by atoms with Crippen molar-refractivity contribution in [1.29, 1.82) is 0 Å². The maximum atomic E-state index is 11.7. The van der Waals surface area contributed by atoms with Gasteiger partial charge in [0, 0.05) is 28.6 Å². The molecule has 7 nitrogen and oxygen atoms in total. The zero-order chi connectivity index (χ0) is 18.7. The van der Waals surface area contributed by atoms with Gasteiger partial charge in [0.25, 0.3) is 0 Å². The fourth-order valence-corrected chi connectivity index (χ4v) is 1.96. The van der Waals surface area contributed by atoms with Gasteiger partial charge in [0.2, 0.25) is 0 Å². The Balaban J connectivity index is 2.30. The molecular weight excluding hydrogens is 396 g/mol. The molecule has 0 heterocycles. The van der Waals surface area contributed by atoms with Crippen LogP contribution >= 0.6 is 15.9 Å². The van der Waals surface area contributed by atoms with Gasteiger partial charge in [0.15, 0.2) is 6.29 Å². The molecule has 0 N–H and O–H groups in total. The second kappa shape index (κ2) is 11.1. The van der Waals surface area contributed by atoms with Crippen LogP contribution in [0.25, 0.3) is 0 Å². The maximum Gasteiger partial charge on any atom is 0.331 e. The summed E-state index contributed by atoms with van der Waals surface area (Å²) in [5.74, 6) is -1.60. The van der Waals surface area contributed by atoms with Crippen molar-refractivity contribution in [3.05, 3.63) is 40.4 Å². The predicted octanol–water partition coefficient (Wildman–Crippen LogP) is 2.61. The monoisotopic (exact) mass is 412 g/mol. The van der Waals surface area contributed by atoms with E-state index in [1.54, 1.807) is 19.1 Å². The highest BCUT2D eigenvalue weighted by atomic mass is 79.9. The van der Waals surface area contributed by atoms with E-state index in [1.165, 1.54) is 6.07 Å². The third kappa shape index (κ3) is 8.25. The van der Waals surface area contributed by atoms with Crippen molar-refractivity contribution in [2.75, 3.05) is 13.2 Å². The number of esters is 3. The van der Waals surface area contributed by atoms with E-state index in [0.717, 1.165) is 12.2 Å². The Morgan fingerprint density at radius 3 is 2.44 bits per heavy atom. The molecule has 0 fully saturated rings. The van der Waals surface area contributed by atoms with Crippen LogP contribution in [-0.2, 0) is 23.9 Å². The van der Waals surface area contributed by atoms with Crippen LogP contribution in [0.3, 0.4) is 0 Å². The van der Waals surface area contributed by atoms with E-state index >= 15 is 0 Å². The van der Waals surface area contributed by atoms with Crippen molar-refractivity contribution in [3.8, 4) is 5.75 Å². The van der Waals surface area contributed by atoms with Crippen LogP contribution < -0.4 is 4.74 Å². The van der Waals surface area contributed by atoms with Gasteiger partial charge in [0.1, 0.15) is 5.75 Å². The number of benzene rings is 1. The van der Waals surface area contributed by atoms with E-state index in [2.05, 4.69) is 20.7 Å². The van der Waals surface area contributed by atoms with E-state index in [0.29, 0.717) is 16.3 Å². The Hall–Kier alpha value is -2.48. The molecule has 0 spiro atoms. The van der Waals surface area contributed by atoms with Crippen LogP contribution in [0.4, 0.5) is 0 Å². The lowest BCUT2D eigenvalue weighted by atomic mass is 10.2. The van der Waals surface area contributed by atoms with Crippen LogP contribution in [0, 0.1) is 0 Å². The summed E-state index contributed by atoms with van der Waals surface area (Å²) in [5.41, 5.74) is 0.368. The van der Waals surface area contributed by atoms with Crippen LogP contribution in [0.2, 0.25) is 0 Å². The summed E-state index contributed by atoms with van der Waals surface area (Å²) < 4.78 is 15.1. The fraction of sp³-hybridized carbons (Fsp3) is 0.294. The van der Waals surface area contributed by atoms with Crippen LogP contribution in [0.5, 0.6) is 5.75 Å². The second-order valence-electron chi connectivity index (χ2n) is 4.63. The fourth-order valence-electron chi connectivity index (χ4n) is 1.62. The average Bonchev–Trinajstić information content (AvgIpc) is 2.59. The lowest BCUT2D eigenvalue weighted by Crippen LogP contribution is -2.11. The Labute approximate surface area is 153 Å². The minimum Gasteiger partial charge on any atom is -0.463 e. The van der Waals surface area contributed by atoms with Gasteiger partial charge in [-0.15, -0.1) is 0 Å². The lowest BCUT2D eigenvalue weighted by molar-refractivity contribution is -0.141. The molecule has 1 aromatic carbocycles. The molecule has 8 heteroatoms. The Kier molecular flexibility index (Phi) is 9.16. The van der Waals surface area contributed by atoms with Gasteiger partial charge in [0.05, 0.1) is 13.2 Å². The lowest BCUT2D eigenvalue weighted by Gasteiger charge is -2.06. The highest BCUT2D eigenvalue weighted by Gasteiger charge is 2.08. The third-order valence-electron chi connectivity index (χ3n) is 2.74. The van der Waals surface area contributed by atoms with E-state index < -0.39 is 17.9 Å². The van der Waals surface area contributed by atoms with E-state index in [9.17, 15) is 19.2 Å². The van der Waals surface area contributed by atoms with E-state index in [4.69, 9.17) is 9.47 Å². The highest BCUT2D eigenvalue weighted by molar-refractivity contribution is 9.10. The smallest absolute Gasteiger partial charge is 0.331 e. The average molecular weight is 413 g/mol. The van der Waals surface area contributed by atoms with Crippen molar-refractivity contribution in [2.45, 2.75) is 19.8 Å². The first-order valence-corrected chi connectivity index (χ1v) is 8.22. The molecule has 0 saturated carbocycles. The summed E-state index contributed by atoms with van der Waals surface area (Å²) in [6.07, 6.45) is 2.86. The van der Waals surface area contributed by atoms with Gasteiger partial charge in [-0.1, -0.05) is 15.9 Å². The zero-order valence-corrected chi connectivity index (χ0v) is 15.1. The SMILES string of the molecule is CCOC(=O)/C=C/C(=O)OCCCC(=O)Oc1ccc(Br)c(C=O)c1. The van der Waals surface area contributed by atoms with Gasteiger partial charge in [-0.2, -0.15) is 0 Å². The Bertz CT molecular complexity index is 667. The number of rotatable bonds is 9. The zero-order valence-electron chi connectivity index (χ0n) is 13.5. The topological polar surface area (TPSA) is 96.0 Å². The standard InChI is InChI=1S/C17H17BrO7/c1-2-23-15(20)7-8-16(21)24-9-3-4-17(22)25-13-5-6-14(18)12(10-13)11-19/h5-8,10-11H,2-4,9H2,1H3/b8-7+. The molecule has 0 aliphatic rings. The number of carbonyl (C=O) groups excluding carboxylic acids is 4. The molecule has 0 radical (unpaired) electrons. The highest BCUT2D eigenvalue weighted by Crippen LogP contribution is 2.21. The minimum atomic E-state index is -0.704. The second-order valence-corrected chi connectivity index (χ2v) is 5.49. The maximum absolute atomic E-state index is 11.7. The van der Waals surface area contributed by atoms with Gasteiger partial charge in [-0.3, -0.25) is 9.59 Å². The van der Waals surface area contributed by atoms with Gasteiger partial charge in [-0.25, -0.2) is 9.59 Å². The Morgan fingerprint density at radius 1 is 1.12 bits per heavy atom. The van der Waals surface area contributed by atoms with E-state index in [-0.39, 0.29) is 31.8 Å². The van der Waals surface area contributed by atoms with Crippen LogP contribution in [0.1, 0.15) is 30.1 Å². The van der Waals surface area contributed by atoms with Gasteiger partial charge in [-0.05, 0) is 31.5 Å². The molecule has 134 valence electrons. The molecule has 0 unspecified atom stereocenters. The van der Waals surface area contributed by atoms with Gasteiger partial charge < -0.3 is 14.2 Å². The van der Waals surface area contributed by atoms with Crippen LogP contribution in [-0.4, -0.2) is 37.4 Å². The molecule has 0 saturated heterocycles. The van der Waals surface area contributed by atoms with Crippen molar-refractivity contribution < 1.29 is 33.4 Å². The van der Waals surface area contributed by atoms with Crippen molar-refractivity contribution in [3.63, 3.8) is 0 Å².